The third-order valence-corrected chi connectivity index (χ3v) is 5.55. The summed E-state index contributed by atoms with van der Waals surface area (Å²) in [4.78, 5) is 19.5. The summed E-state index contributed by atoms with van der Waals surface area (Å²) in [6.07, 6.45) is 2.16. The van der Waals surface area contributed by atoms with Gasteiger partial charge in [0.15, 0.2) is 0 Å². The molecule has 1 aliphatic rings. The van der Waals surface area contributed by atoms with Gasteiger partial charge in [0, 0.05) is 11.5 Å². The first-order chi connectivity index (χ1) is 14.5. The Kier molecular flexibility index (Phi) is 5.44. The fourth-order valence-corrected chi connectivity index (χ4v) is 4.03. The van der Waals surface area contributed by atoms with Crippen LogP contribution in [0.5, 0.6) is 11.5 Å². The number of methoxy groups -OCH3 is 2. The summed E-state index contributed by atoms with van der Waals surface area (Å²) in [7, 11) is 3.31. The number of benzene rings is 2. The van der Waals surface area contributed by atoms with Gasteiger partial charge in [0.25, 0.3) is 0 Å². The van der Waals surface area contributed by atoms with Crippen molar-refractivity contribution in [2.45, 2.75) is 32.4 Å². The van der Waals surface area contributed by atoms with Crippen molar-refractivity contribution in [3.05, 3.63) is 66.0 Å². The van der Waals surface area contributed by atoms with Gasteiger partial charge in [-0.2, -0.15) is 10.1 Å². The standard InChI is InChI=1S/C23H26N4O3/c1-15(2)22(28)26-19(16-9-11-17(29-3)12-10-16)13-20(27-23(26)24-14-25-27)18-7-5-6-8-21(18)30-4/h5-12,14-15,19-20H,13H2,1-4H3/t19-,20-/m1/s1. The molecule has 0 fully saturated rings. The van der Waals surface area contributed by atoms with Gasteiger partial charge < -0.3 is 9.47 Å². The summed E-state index contributed by atoms with van der Waals surface area (Å²) in [5, 5.41) is 4.47. The monoisotopic (exact) mass is 406 g/mol. The van der Waals surface area contributed by atoms with E-state index in [1.54, 1.807) is 19.1 Å². The zero-order valence-electron chi connectivity index (χ0n) is 17.6. The van der Waals surface area contributed by atoms with Crippen LogP contribution in [-0.4, -0.2) is 34.9 Å². The highest BCUT2D eigenvalue weighted by molar-refractivity contribution is 5.94. The molecule has 0 bridgehead atoms. The molecule has 156 valence electrons. The normalized spacial score (nSPS) is 18.2. The molecule has 7 nitrogen and oxygen atoms in total. The number of hydrogen-bond donors (Lipinski definition) is 0. The topological polar surface area (TPSA) is 69.5 Å². The number of carbonyl (C=O) groups excluding carboxylic acids is 1. The van der Waals surface area contributed by atoms with E-state index in [0.29, 0.717) is 12.4 Å². The van der Waals surface area contributed by atoms with Crippen LogP contribution in [0.15, 0.2) is 54.9 Å². The number of anilines is 1. The lowest BCUT2D eigenvalue weighted by Gasteiger charge is -2.40. The zero-order valence-corrected chi connectivity index (χ0v) is 17.6. The van der Waals surface area contributed by atoms with Gasteiger partial charge in [-0.05, 0) is 30.2 Å². The molecule has 4 rings (SSSR count). The van der Waals surface area contributed by atoms with E-state index >= 15 is 0 Å². The molecule has 0 aliphatic carbocycles. The Bertz CT molecular complexity index is 1030. The lowest BCUT2D eigenvalue weighted by molar-refractivity contribution is -0.122. The Morgan fingerprint density at radius 1 is 1.03 bits per heavy atom. The van der Waals surface area contributed by atoms with Gasteiger partial charge in [-0.15, -0.1) is 0 Å². The van der Waals surface area contributed by atoms with E-state index in [1.165, 1.54) is 6.33 Å². The Labute approximate surface area is 176 Å². The van der Waals surface area contributed by atoms with Gasteiger partial charge in [0.1, 0.15) is 17.8 Å². The minimum absolute atomic E-state index is 0.0172. The molecule has 0 saturated heterocycles. The van der Waals surface area contributed by atoms with Crippen molar-refractivity contribution in [1.82, 2.24) is 14.8 Å². The van der Waals surface area contributed by atoms with Crippen molar-refractivity contribution in [2.24, 2.45) is 5.92 Å². The maximum atomic E-state index is 13.2. The first kappa shape index (κ1) is 19.9. The summed E-state index contributed by atoms with van der Waals surface area (Å²) in [5.74, 6) is 1.97. The second-order valence-corrected chi connectivity index (χ2v) is 7.65. The highest BCUT2D eigenvalue weighted by atomic mass is 16.5. The van der Waals surface area contributed by atoms with E-state index in [0.717, 1.165) is 22.6 Å². The molecule has 1 amide bonds. The van der Waals surface area contributed by atoms with Crippen molar-refractivity contribution in [2.75, 3.05) is 19.1 Å². The lowest BCUT2D eigenvalue weighted by Crippen LogP contribution is -2.44. The Morgan fingerprint density at radius 3 is 2.43 bits per heavy atom. The molecule has 1 aliphatic heterocycles. The largest absolute Gasteiger partial charge is 0.497 e. The van der Waals surface area contributed by atoms with Crippen molar-refractivity contribution in [3.8, 4) is 11.5 Å². The van der Waals surface area contributed by atoms with Crippen LogP contribution < -0.4 is 14.4 Å². The third-order valence-electron chi connectivity index (χ3n) is 5.55. The quantitative estimate of drug-likeness (QED) is 0.640. The van der Waals surface area contributed by atoms with Crippen LogP contribution in [0.2, 0.25) is 0 Å². The Hall–Kier alpha value is -3.35. The first-order valence-electron chi connectivity index (χ1n) is 10.0. The van der Waals surface area contributed by atoms with E-state index < -0.39 is 0 Å². The van der Waals surface area contributed by atoms with Gasteiger partial charge in [0.05, 0.1) is 26.3 Å². The van der Waals surface area contributed by atoms with Gasteiger partial charge in [-0.1, -0.05) is 44.2 Å². The van der Waals surface area contributed by atoms with Crippen LogP contribution in [0.4, 0.5) is 5.95 Å². The van der Waals surface area contributed by atoms with Crippen LogP contribution in [0.1, 0.15) is 43.5 Å². The molecular formula is C23H26N4O3. The van der Waals surface area contributed by atoms with Crippen LogP contribution in [0, 0.1) is 5.92 Å². The van der Waals surface area contributed by atoms with Crippen molar-refractivity contribution >= 4 is 11.9 Å². The summed E-state index contributed by atoms with van der Waals surface area (Å²) < 4.78 is 12.8. The predicted molar refractivity (Wildman–Crippen MR) is 114 cm³/mol. The molecule has 30 heavy (non-hydrogen) atoms. The zero-order chi connectivity index (χ0) is 21.3. The lowest BCUT2D eigenvalue weighted by atomic mass is 9.90. The number of aromatic nitrogens is 3. The highest BCUT2D eigenvalue weighted by Gasteiger charge is 2.40. The number of hydrogen-bond acceptors (Lipinski definition) is 5. The van der Waals surface area contributed by atoms with Crippen LogP contribution in [0.25, 0.3) is 0 Å². The van der Waals surface area contributed by atoms with E-state index in [2.05, 4.69) is 10.1 Å². The number of amides is 1. The average molecular weight is 406 g/mol. The van der Waals surface area contributed by atoms with Crippen LogP contribution >= 0.6 is 0 Å². The van der Waals surface area contributed by atoms with E-state index in [9.17, 15) is 4.79 Å². The van der Waals surface area contributed by atoms with Crippen molar-refractivity contribution in [3.63, 3.8) is 0 Å². The van der Waals surface area contributed by atoms with Crippen molar-refractivity contribution in [1.29, 1.82) is 0 Å². The smallest absolute Gasteiger partial charge is 0.232 e. The molecule has 2 atom stereocenters. The summed E-state index contributed by atoms with van der Waals surface area (Å²) >= 11 is 0. The molecular weight excluding hydrogens is 380 g/mol. The number of fused-ring (bicyclic) bond motifs is 1. The summed E-state index contributed by atoms with van der Waals surface area (Å²) in [6, 6.07) is 15.5. The Morgan fingerprint density at radius 2 is 1.77 bits per heavy atom. The van der Waals surface area contributed by atoms with Gasteiger partial charge in [-0.25, -0.2) is 4.68 Å². The molecule has 2 aromatic carbocycles. The second-order valence-electron chi connectivity index (χ2n) is 7.65. The van der Waals surface area contributed by atoms with Gasteiger partial charge in [-0.3, -0.25) is 9.69 Å². The fourth-order valence-electron chi connectivity index (χ4n) is 4.03. The molecule has 1 aromatic heterocycles. The van der Waals surface area contributed by atoms with E-state index in [-0.39, 0.29) is 23.9 Å². The molecule has 2 heterocycles. The number of rotatable bonds is 5. The summed E-state index contributed by atoms with van der Waals surface area (Å²) in [5.41, 5.74) is 2.04. The number of nitrogens with zero attached hydrogens (tertiary/aromatic N) is 4. The van der Waals surface area contributed by atoms with Crippen LogP contribution in [-0.2, 0) is 4.79 Å². The van der Waals surface area contributed by atoms with E-state index in [1.807, 2.05) is 67.1 Å². The van der Waals surface area contributed by atoms with Gasteiger partial charge in [0.2, 0.25) is 11.9 Å². The minimum Gasteiger partial charge on any atom is -0.497 e. The second kappa shape index (κ2) is 8.18. The molecule has 0 saturated carbocycles. The SMILES string of the molecule is COc1ccc([C@H]2C[C@H](c3ccccc3OC)n3ncnc3N2C(=O)C(C)C)cc1. The number of carbonyl (C=O) groups is 1. The number of para-hydroxylation sites is 1. The molecule has 0 radical (unpaired) electrons. The average Bonchev–Trinajstić information content (AvgIpc) is 3.27. The first-order valence-corrected chi connectivity index (χ1v) is 10.0. The summed E-state index contributed by atoms with van der Waals surface area (Å²) in [6.45, 7) is 3.81. The molecule has 7 heteroatoms. The Balaban J connectivity index is 1.85. The fraction of sp³-hybridized carbons (Fsp3) is 0.348. The van der Waals surface area contributed by atoms with Gasteiger partial charge >= 0.3 is 0 Å². The molecule has 3 aromatic rings. The third kappa shape index (κ3) is 3.40. The van der Waals surface area contributed by atoms with Crippen LogP contribution in [0.3, 0.4) is 0 Å². The maximum absolute atomic E-state index is 13.2. The predicted octanol–water partition coefficient (Wildman–Crippen LogP) is 4.02. The maximum Gasteiger partial charge on any atom is 0.232 e. The van der Waals surface area contributed by atoms with E-state index in [4.69, 9.17) is 9.47 Å². The highest BCUT2D eigenvalue weighted by Crippen LogP contribution is 2.44. The minimum atomic E-state index is -0.183. The molecule has 0 unspecified atom stereocenters. The number of ether oxygens (including phenoxy) is 2. The molecule has 0 N–H and O–H groups in total. The van der Waals surface area contributed by atoms with Crippen molar-refractivity contribution < 1.29 is 14.3 Å². The molecule has 0 spiro atoms.